The summed E-state index contributed by atoms with van der Waals surface area (Å²) in [4.78, 5) is 30.9. The number of aromatic nitrogens is 3. The Kier molecular flexibility index (Phi) is 5.55. The first-order chi connectivity index (χ1) is 16.5. The van der Waals surface area contributed by atoms with Crippen LogP contribution in [0.2, 0.25) is 0 Å². The van der Waals surface area contributed by atoms with Gasteiger partial charge in [-0.15, -0.1) is 0 Å². The van der Waals surface area contributed by atoms with E-state index in [1.807, 2.05) is 48.5 Å². The number of para-hydroxylation sites is 1. The van der Waals surface area contributed by atoms with Crippen molar-refractivity contribution in [2.45, 2.75) is 13.1 Å². The van der Waals surface area contributed by atoms with Crippen molar-refractivity contribution in [1.29, 1.82) is 0 Å². The molecule has 0 radical (unpaired) electrons. The molecular formula is C26H21FN4O3. The summed E-state index contributed by atoms with van der Waals surface area (Å²) in [6, 6.07) is 20.4. The minimum atomic E-state index is -0.385. The first-order valence-electron chi connectivity index (χ1n) is 10.7. The van der Waals surface area contributed by atoms with Gasteiger partial charge in [0, 0.05) is 11.1 Å². The smallest absolute Gasteiger partial charge is 0.278 e. The Balaban J connectivity index is 1.54. The fourth-order valence-electron chi connectivity index (χ4n) is 4.03. The molecule has 0 aliphatic heterocycles. The number of amides is 1. The Bertz CT molecular complexity index is 1550. The zero-order chi connectivity index (χ0) is 23.7. The van der Waals surface area contributed by atoms with E-state index >= 15 is 0 Å². The topological polar surface area (TPSA) is 78.2 Å². The summed E-state index contributed by atoms with van der Waals surface area (Å²) in [6.45, 7) is 0.236. The monoisotopic (exact) mass is 456 g/mol. The second-order valence-corrected chi connectivity index (χ2v) is 7.88. The quantitative estimate of drug-likeness (QED) is 0.416. The van der Waals surface area contributed by atoms with Gasteiger partial charge in [0.05, 0.1) is 25.5 Å². The molecule has 3 aromatic carbocycles. The van der Waals surface area contributed by atoms with Gasteiger partial charge in [0.25, 0.3) is 5.56 Å². The Morgan fingerprint density at radius 3 is 2.50 bits per heavy atom. The van der Waals surface area contributed by atoms with Crippen molar-refractivity contribution >= 4 is 33.5 Å². The molecule has 170 valence electrons. The van der Waals surface area contributed by atoms with E-state index in [9.17, 15) is 14.0 Å². The molecule has 34 heavy (non-hydrogen) atoms. The molecule has 7 nitrogen and oxygen atoms in total. The molecule has 8 heteroatoms. The summed E-state index contributed by atoms with van der Waals surface area (Å²) in [6.07, 6.45) is 1.53. The molecule has 0 atom stereocenters. The molecule has 0 aliphatic carbocycles. The highest BCUT2D eigenvalue weighted by Crippen LogP contribution is 2.25. The molecule has 0 saturated heterocycles. The zero-order valence-corrected chi connectivity index (χ0v) is 18.4. The molecule has 2 aromatic heterocycles. The van der Waals surface area contributed by atoms with Gasteiger partial charge in [-0.25, -0.2) is 9.37 Å². The molecule has 0 unspecified atom stereocenters. The molecule has 0 saturated carbocycles. The van der Waals surface area contributed by atoms with Gasteiger partial charge in [0.2, 0.25) is 5.91 Å². The average Bonchev–Trinajstić information content (AvgIpc) is 3.17. The Hall–Kier alpha value is -4.46. The van der Waals surface area contributed by atoms with Crippen LogP contribution in [0.15, 0.2) is 83.9 Å². The van der Waals surface area contributed by atoms with Crippen LogP contribution in [0.4, 0.5) is 10.1 Å². The minimum Gasteiger partial charge on any atom is -0.497 e. The molecule has 1 N–H and O–H groups in total. The Morgan fingerprint density at radius 1 is 1.03 bits per heavy atom. The van der Waals surface area contributed by atoms with Crippen molar-refractivity contribution in [2.75, 3.05) is 12.4 Å². The minimum absolute atomic E-state index is 0.0924. The van der Waals surface area contributed by atoms with Crippen LogP contribution in [0.5, 0.6) is 5.75 Å². The van der Waals surface area contributed by atoms with Crippen molar-refractivity contribution in [3.05, 3.63) is 101 Å². The lowest BCUT2D eigenvalue weighted by molar-refractivity contribution is -0.116. The molecule has 0 fully saturated rings. The maximum absolute atomic E-state index is 13.5. The molecule has 5 rings (SSSR count). The summed E-state index contributed by atoms with van der Waals surface area (Å²) < 4.78 is 21.6. The van der Waals surface area contributed by atoms with Gasteiger partial charge < -0.3 is 14.6 Å². The highest BCUT2D eigenvalue weighted by Gasteiger charge is 2.18. The van der Waals surface area contributed by atoms with E-state index in [1.54, 1.807) is 11.7 Å². The number of fused-ring (bicyclic) bond motifs is 3. The lowest BCUT2D eigenvalue weighted by atomic mass is 10.2. The molecule has 5 aromatic rings. The average molecular weight is 456 g/mol. The Labute approximate surface area is 194 Å². The van der Waals surface area contributed by atoms with Gasteiger partial charge in [0.15, 0.2) is 0 Å². The number of nitrogens with zero attached hydrogens (tertiary/aromatic N) is 3. The number of carbonyl (C=O) groups excluding carboxylic acids is 1. The van der Waals surface area contributed by atoms with Crippen LogP contribution in [0, 0.1) is 5.82 Å². The normalized spacial score (nSPS) is 11.1. The van der Waals surface area contributed by atoms with Crippen LogP contribution in [0.3, 0.4) is 0 Å². The number of anilines is 1. The van der Waals surface area contributed by atoms with Crippen molar-refractivity contribution in [2.24, 2.45) is 0 Å². The summed E-state index contributed by atoms with van der Waals surface area (Å²) in [5.74, 6) is 0.0140. The van der Waals surface area contributed by atoms with Crippen molar-refractivity contribution in [1.82, 2.24) is 14.1 Å². The lowest BCUT2D eigenvalue weighted by Crippen LogP contribution is -2.25. The van der Waals surface area contributed by atoms with E-state index in [1.165, 1.54) is 35.2 Å². The third-order valence-electron chi connectivity index (χ3n) is 5.68. The maximum atomic E-state index is 13.5. The highest BCUT2D eigenvalue weighted by molar-refractivity contribution is 6.06. The van der Waals surface area contributed by atoms with Crippen molar-refractivity contribution < 1.29 is 13.9 Å². The van der Waals surface area contributed by atoms with Gasteiger partial charge in [-0.2, -0.15) is 0 Å². The predicted molar refractivity (Wildman–Crippen MR) is 129 cm³/mol. The van der Waals surface area contributed by atoms with Crippen LogP contribution < -0.4 is 15.6 Å². The fourth-order valence-corrected chi connectivity index (χ4v) is 4.03. The number of ether oxygens (including phenoxy) is 1. The lowest BCUT2D eigenvalue weighted by Gasteiger charge is -2.10. The van der Waals surface area contributed by atoms with Gasteiger partial charge in [-0.1, -0.05) is 30.3 Å². The fraction of sp³-hybridized carbons (Fsp3) is 0.115. The number of benzene rings is 3. The van der Waals surface area contributed by atoms with Crippen LogP contribution in [-0.2, 0) is 17.9 Å². The standard InChI is InChI=1S/C26H21FN4O3/c1-34-20-12-6-17(7-13-20)14-30-16-28-24-21-4-2-3-5-22(21)31(25(24)26(30)33)15-23(32)29-19-10-8-18(27)9-11-19/h2-13,16H,14-15H2,1H3,(H,29,32). The largest absolute Gasteiger partial charge is 0.497 e. The van der Waals surface area contributed by atoms with Crippen molar-refractivity contribution in [3.63, 3.8) is 0 Å². The van der Waals surface area contributed by atoms with Gasteiger partial charge in [-0.3, -0.25) is 14.2 Å². The summed E-state index contributed by atoms with van der Waals surface area (Å²) in [7, 11) is 1.60. The SMILES string of the molecule is COc1ccc(Cn2cnc3c4ccccc4n(CC(=O)Nc4ccc(F)cc4)c3c2=O)cc1. The molecule has 0 spiro atoms. The maximum Gasteiger partial charge on any atom is 0.278 e. The van der Waals surface area contributed by atoms with E-state index in [-0.39, 0.29) is 23.8 Å². The van der Waals surface area contributed by atoms with E-state index < -0.39 is 0 Å². The second kappa shape index (κ2) is 8.82. The van der Waals surface area contributed by atoms with E-state index in [0.29, 0.717) is 23.3 Å². The van der Waals surface area contributed by atoms with E-state index in [4.69, 9.17) is 4.74 Å². The highest BCUT2D eigenvalue weighted by atomic mass is 19.1. The van der Waals surface area contributed by atoms with Gasteiger partial charge in [-0.05, 0) is 48.0 Å². The van der Waals surface area contributed by atoms with Crippen LogP contribution in [0.1, 0.15) is 5.56 Å². The summed E-state index contributed by atoms with van der Waals surface area (Å²) >= 11 is 0. The second-order valence-electron chi connectivity index (χ2n) is 7.88. The Morgan fingerprint density at radius 2 is 1.76 bits per heavy atom. The first-order valence-corrected chi connectivity index (χ1v) is 10.7. The number of hydrogen-bond acceptors (Lipinski definition) is 4. The van der Waals surface area contributed by atoms with Crippen LogP contribution in [-0.4, -0.2) is 27.1 Å². The first kappa shape index (κ1) is 21.4. The molecule has 0 bridgehead atoms. The van der Waals surface area contributed by atoms with Gasteiger partial charge in [0.1, 0.15) is 29.1 Å². The van der Waals surface area contributed by atoms with Gasteiger partial charge >= 0.3 is 0 Å². The number of rotatable bonds is 6. The van der Waals surface area contributed by atoms with E-state index in [0.717, 1.165) is 22.2 Å². The molecule has 0 aliphatic rings. The number of hydrogen-bond donors (Lipinski definition) is 1. The number of carbonyl (C=O) groups is 1. The van der Waals surface area contributed by atoms with Crippen molar-refractivity contribution in [3.8, 4) is 5.75 Å². The predicted octanol–water partition coefficient (Wildman–Crippen LogP) is 4.19. The third-order valence-corrected chi connectivity index (χ3v) is 5.68. The van der Waals surface area contributed by atoms with Crippen LogP contribution in [0.25, 0.3) is 21.9 Å². The summed E-state index contributed by atoms with van der Waals surface area (Å²) in [5, 5.41) is 3.55. The zero-order valence-electron chi connectivity index (χ0n) is 18.4. The molecule has 1 amide bonds. The third kappa shape index (κ3) is 4.01. The molecule has 2 heterocycles. The van der Waals surface area contributed by atoms with E-state index in [2.05, 4.69) is 10.3 Å². The number of nitrogens with one attached hydrogen (secondary N) is 1. The summed E-state index contributed by atoms with van der Waals surface area (Å²) in [5.41, 5.74) is 2.78. The molecular weight excluding hydrogens is 435 g/mol. The van der Waals surface area contributed by atoms with Crippen LogP contribution >= 0.6 is 0 Å². The number of methoxy groups -OCH3 is 1. The number of halogens is 1.